The third-order valence-electron chi connectivity index (χ3n) is 3.53. The largest absolute Gasteiger partial charge is 0.361 e. The molecule has 0 amide bonds. The van der Waals surface area contributed by atoms with E-state index >= 15 is 0 Å². The van der Waals surface area contributed by atoms with E-state index in [4.69, 9.17) is 0 Å². The first kappa shape index (κ1) is 11.8. The van der Waals surface area contributed by atoms with Gasteiger partial charge in [-0.3, -0.25) is 0 Å². The van der Waals surface area contributed by atoms with Crippen LogP contribution in [0.1, 0.15) is 24.8 Å². The van der Waals surface area contributed by atoms with Crippen molar-refractivity contribution in [3.05, 3.63) is 36.0 Å². The molecule has 0 aliphatic heterocycles. The number of benzene rings is 1. The first-order chi connectivity index (χ1) is 8.93. The van der Waals surface area contributed by atoms with Crippen LogP contribution < -0.4 is 10.6 Å². The second-order valence-corrected chi connectivity index (χ2v) is 5.12. The summed E-state index contributed by atoms with van der Waals surface area (Å²) in [6.07, 6.45) is 5.97. The Bertz CT molecular complexity index is 499. The van der Waals surface area contributed by atoms with Gasteiger partial charge < -0.3 is 15.6 Å². The number of rotatable bonds is 7. The van der Waals surface area contributed by atoms with Gasteiger partial charge in [-0.1, -0.05) is 18.2 Å². The van der Waals surface area contributed by atoms with Gasteiger partial charge in [0.15, 0.2) is 0 Å². The van der Waals surface area contributed by atoms with Crippen LogP contribution in [0, 0.1) is 0 Å². The zero-order valence-corrected chi connectivity index (χ0v) is 10.7. The average molecular weight is 243 g/mol. The minimum Gasteiger partial charge on any atom is -0.361 e. The van der Waals surface area contributed by atoms with Gasteiger partial charge in [-0.15, -0.1) is 0 Å². The maximum atomic E-state index is 3.53. The highest BCUT2D eigenvalue weighted by Gasteiger charge is 2.19. The van der Waals surface area contributed by atoms with Gasteiger partial charge in [-0.05, 0) is 49.4 Å². The van der Waals surface area contributed by atoms with Crippen LogP contribution in [0.15, 0.2) is 30.5 Å². The van der Waals surface area contributed by atoms with Crippen molar-refractivity contribution in [1.82, 2.24) is 15.6 Å². The summed E-state index contributed by atoms with van der Waals surface area (Å²) < 4.78 is 0. The highest BCUT2D eigenvalue weighted by atomic mass is 14.9. The summed E-state index contributed by atoms with van der Waals surface area (Å²) in [4.78, 5) is 3.31. The third kappa shape index (κ3) is 2.92. The van der Waals surface area contributed by atoms with Crippen LogP contribution in [0.5, 0.6) is 0 Å². The van der Waals surface area contributed by atoms with E-state index in [1.54, 1.807) is 0 Å². The fourth-order valence-electron chi connectivity index (χ4n) is 2.33. The van der Waals surface area contributed by atoms with Gasteiger partial charge in [-0.25, -0.2) is 0 Å². The van der Waals surface area contributed by atoms with Crippen molar-refractivity contribution in [2.45, 2.75) is 31.8 Å². The zero-order valence-electron chi connectivity index (χ0n) is 10.7. The van der Waals surface area contributed by atoms with Gasteiger partial charge >= 0.3 is 0 Å². The molecule has 1 heterocycles. The predicted molar refractivity (Wildman–Crippen MR) is 75.6 cm³/mol. The molecule has 18 heavy (non-hydrogen) atoms. The zero-order chi connectivity index (χ0) is 12.2. The van der Waals surface area contributed by atoms with Crippen LogP contribution in [-0.4, -0.2) is 24.1 Å². The summed E-state index contributed by atoms with van der Waals surface area (Å²) in [6.45, 7) is 3.17. The summed E-state index contributed by atoms with van der Waals surface area (Å²) in [5.41, 5.74) is 2.62. The number of aromatic nitrogens is 1. The summed E-state index contributed by atoms with van der Waals surface area (Å²) in [5.74, 6) is 0. The lowest BCUT2D eigenvalue weighted by molar-refractivity contribution is 0.594. The molecule has 0 saturated heterocycles. The number of para-hydroxylation sites is 1. The quantitative estimate of drug-likeness (QED) is 0.653. The molecule has 3 heteroatoms. The maximum Gasteiger partial charge on any atom is 0.0499 e. The summed E-state index contributed by atoms with van der Waals surface area (Å²) in [6, 6.07) is 9.42. The molecule has 1 saturated carbocycles. The molecule has 1 aliphatic carbocycles. The molecule has 0 radical (unpaired) electrons. The molecular formula is C15H21N3. The molecule has 3 rings (SSSR count). The molecule has 1 aromatic heterocycles. The Hall–Kier alpha value is -1.32. The van der Waals surface area contributed by atoms with Crippen LogP contribution in [-0.2, 0) is 6.54 Å². The molecule has 3 nitrogen and oxygen atoms in total. The molecule has 2 aromatic rings. The Labute approximate surface area is 108 Å². The lowest BCUT2D eigenvalue weighted by atomic mass is 10.1. The van der Waals surface area contributed by atoms with E-state index in [2.05, 4.69) is 39.9 Å². The van der Waals surface area contributed by atoms with Gasteiger partial charge in [0.25, 0.3) is 0 Å². The van der Waals surface area contributed by atoms with Crippen LogP contribution in [0.3, 0.4) is 0 Å². The first-order valence-electron chi connectivity index (χ1n) is 6.92. The Balaban J connectivity index is 1.43. The first-order valence-corrected chi connectivity index (χ1v) is 6.92. The second kappa shape index (κ2) is 5.55. The van der Waals surface area contributed by atoms with E-state index in [0.717, 1.165) is 25.7 Å². The molecule has 1 fully saturated rings. The van der Waals surface area contributed by atoms with Gasteiger partial charge in [-0.2, -0.15) is 0 Å². The Morgan fingerprint density at radius 2 is 2.11 bits per heavy atom. The van der Waals surface area contributed by atoms with Crippen molar-refractivity contribution < 1.29 is 0 Å². The topological polar surface area (TPSA) is 39.8 Å². The highest BCUT2D eigenvalue weighted by molar-refractivity contribution is 5.82. The average Bonchev–Trinajstić information content (AvgIpc) is 3.08. The summed E-state index contributed by atoms with van der Waals surface area (Å²) >= 11 is 0. The van der Waals surface area contributed by atoms with E-state index in [1.807, 2.05) is 6.20 Å². The molecule has 0 spiro atoms. The van der Waals surface area contributed by atoms with Crippen LogP contribution in [0.2, 0.25) is 0 Å². The van der Waals surface area contributed by atoms with Crippen LogP contribution in [0.4, 0.5) is 0 Å². The molecule has 1 aromatic carbocycles. The lowest BCUT2D eigenvalue weighted by Gasteiger charge is -2.07. The SMILES string of the molecule is c1cc(CNCCCNC2CC2)c2[nH]ccc2c1. The summed E-state index contributed by atoms with van der Waals surface area (Å²) in [7, 11) is 0. The smallest absolute Gasteiger partial charge is 0.0499 e. The van der Waals surface area contributed by atoms with Crippen molar-refractivity contribution in [1.29, 1.82) is 0 Å². The number of fused-ring (bicyclic) bond motifs is 1. The Kier molecular flexibility index (Phi) is 3.62. The van der Waals surface area contributed by atoms with E-state index in [1.165, 1.54) is 35.7 Å². The van der Waals surface area contributed by atoms with Crippen molar-refractivity contribution >= 4 is 10.9 Å². The van der Waals surface area contributed by atoms with Crippen LogP contribution >= 0.6 is 0 Å². The van der Waals surface area contributed by atoms with Gasteiger partial charge in [0, 0.05) is 24.3 Å². The minimum atomic E-state index is 0.831. The molecule has 1 aliphatic rings. The number of nitrogens with one attached hydrogen (secondary N) is 3. The predicted octanol–water partition coefficient (Wildman–Crippen LogP) is 2.40. The normalized spacial score (nSPS) is 15.3. The number of H-pyrrole nitrogens is 1. The van der Waals surface area contributed by atoms with Gasteiger partial charge in [0.1, 0.15) is 0 Å². The van der Waals surface area contributed by atoms with Crippen molar-refractivity contribution in [2.24, 2.45) is 0 Å². The Morgan fingerprint density at radius 3 is 3.00 bits per heavy atom. The molecule has 96 valence electrons. The molecule has 0 bridgehead atoms. The molecule has 3 N–H and O–H groups in total. The minimum absolute atomic E-state index is 0.831. The van der Waals surface area contributed by atoms with Crippen molar-refractivity contribution in [3.63, 3.8) is 0 Å². The lowest BCUT2D eigenvalue weighted by Crippen LogP contribution is -2.23. The van der Waals surface area contributed by atoms with E-state index in [0.29, 0.717) is 0 Å². The standard InChI is InChI=1S/C15H21N3/c1-3-12-7-10-18-15(12)13(4-1)11-16-8-2-9-17-14-5-6-14/h1,3-4,7,10,14,16-18H,2,5-6,8-9,11H2. The van der Waals surface area contributed by atoms with E-state index < -0.39 is 0 Å². The van der Waals surface area contributed by atoms with E-state index in [-0.39, 0.29) is 0 Å². The number of hydrogen-bond donors (Lipinski definition) is 3. The van der Waals surface area contributed by atoms with Crippen LogP contribution in [0.25, 0.3) is 10.9 Å². The fraction of sp³-hybridized carbons (Fsp3) is 0.467. The molecule has 0 atom stereocenters. The Morgan fingerprint density at radius 1 is 1.17 bits per heavy atom. The monoisotopic (exact) mass is 243 g/mol. The van der Waals surface area contributed by atoms with Crippen molar-refractivity contribution in [3.8, 4) is 0 Å². The fourth-order valence-corrected chi connectivity index (χ4v) is 2.33. The number of aromatic amines is 1. The van der Waals surface area contributed by atoms with E-state index in [9.17, 15) is 0 Å². The summed E-state index contributed by atoms with van der Waals surface area (Å²) in [5, 5.41) is 8.35. The van der Waals surface area contributed by atoms with Crippen molar-refractivity contribution in [2.75, 3.05) is 13.1 Å². The molecule has 0 unspecified atom stereocenters. The maximum absolute atomic E-state index is 3.53. The number of hydrogen-bond acceptors (Lipinski definition) is 2. The van der Waals surface area contributed by atoms with Gasteiger partial charge in [0.2, 0.25) is 0 Å². The molecular weight excluding hydrogens is 222 g/mol. The second-order valence-electron chi connectivity index (χ2n) is 5.12. The third-order valence-corrected chi connectivity index (χ3v) is 3.53. The van der Waals surface area contributed by atoms with Gasteiger partial charge in [0.05, 0.1) is 0 Å². The highest BCUT2D eigenvalue weighted by Crippen LogP contribution is 2.18.